The summed E-state index contributed by atoms with van der Waals surface area (Å²) in [7, 11) is 0. The van der Waals surface area contributed by atoms with Crippen LogP contribution in [-0.2, 0) is 16.1 Å². The zero-order chi connectivity index (χ0) is 15.3. The average molecular weight is 290 g/mol. The van der Waals surface area contributed by atoms with E-state index in [0.29, 0.717) is 25.9 Å². The maximum atomic E-state index is 12.3. The van der Waals surface area contributed by atoms with Gasteiger partial charge in [-0.15, -0.1) is 0 Å². The van der Waals surface area contributed by atoms with Crippen LogP contribution in [0.5, 0.6) is 0 Å². The van der Waals surface area contributed by atoms with Crippen molar-refractivity contribution in [2.24, 2.45) is 0 Å². The number of likely N-dealkylation sites (N-methyl/N-ethyl adjacent to an activating group) is 1. The van der Waals surface area contributed by atoms with Crippen molar-refractivity contribution in [2.45, 2.75) is 38.3 Å². The first-order chi connectivity index (χ1) is 10.1. The zero-order valence-electron chi connectivity index (χ0n) is 12.3. The maximum Gasteiger partial charge on any atom is 0.323 e. The van der Waals surface area contributed by atoms with Crippen LogP contribution in [0, 0.1) is 0 Å². The number of benzene rings is 1. The predicted molar refractivity (Wildman–Crippen MR) is 79.8 cm³/mol. The fraction of sp³-hybridized carbons (Fsp3) is 0.500. The molecule has 5 nitrogen and oxygen atoms in total. The fourth-order valence-corrected chi connectivity index (χ4v) is 2.53. The highest BCUT2D eigenvalue weighted by Gasteiger charge is 2.44. The molecule has 1 fully saturated rings. The summed E-state index contributed by atoms with van der Waals surface area (Å²) in [5.41, 5.74) is 0.186. The second-order valence-corrected chi connectivity index (χ2v) is 5.49. The number of hydrogen-bond donors (Lipinski definition) is 2. The lowest BCUT2D eigenvalue weighted by atomic mass is 9.77. The van der Waals surface area contributed by atoms with E-state index in [4.69, 9.17) is 0 Å². The summed E-state index contributed by atoms with van der Waals surface area (Å²) in [4.78, 5) is 25.3. The van der Waals surface area contributed by atoms with Crippen LogP contribution < -0.4 is 5.32 Å². The lowest BCUT2D eigenvalue weighted by Crippen LogP contribution is -2.59. The molecule has 0 atom stereocenters. The lowest BCUT2D eigenvalue weighted by Gasteiger charge is -2.38. The predicted octanol–water partition coefficient (Wildman–Crippen LogP) is 1.63. The van der Waals surface area contributed by atoms with Crippen LogP contribution in [0.1, 0.15) is 31.7 Å². The minimum absolute atomic E-state index is 0.0612. The van der Waals surface area contributed by atoms with Gasteiger partial charge in [0.1, 0.15) is 5.54 Å². The van der Waals surface area contributed by atoms with Gasteiger partial charge in [-0.25, -0.2) is 0 Å². The van der Waals surface area contributed by atoms with Crippen molar-refractivity contribution in [3.8, 4) is 0 Å². The number of amides is 1. The smallest absolute Gasteiger partial charge is 0.323 e. The van der Waals surface area contributed by atoms with Gasteiger partial charge in [0.15, 0.2) is 0 Å². The molecule has 0 aromatic heterocycles. The van der Waals surface area contributed by atoms with E-state index in [9.17, 15) is 14.7 Å². The third-order valence-corrected chi connectivity index (χ3v) is 4.15. The highest BCUT2D eigenvalue weighted by molar-refractivity contribution is 5.83. The van der Waals surface area contributed by atoms with Crippen molar-refractivity contribution in [1.82, 2.24) is 10.2 Å². The number of carboxylic acid groups (broad SMARTS) is 1. The Bertz CT molecular complexity index is 498. The van der Waals surface area contributed by atoms with Gasteiger partial charge in [-0.05, 0) is 31.7 Å². The summed E-state index contributed by atoms with van der Waals surface area (Å²) in [6, 6.07) is 9.79. The number of carboxylic acids is 1. The van der Waals surface area contributed by atoms with Crippen molar-refractivity contribution in [1.29, 1.82) is 0 Å². The van der Waals surface area contributed by atoms with Gasteiger partial charge in [0.25, 0.3) is 0 Å². The Morgan fingerprint density at radius 3 is 2.43 bits per heavy atom. The summed E-state index contributed by atoms with van der Waals surface area (Å²) in [6.45, 7) is 3.16. The molecule has 1 aliphatic rings. The van der Waals surface area contributed by atoms with Crippen molar-refractivity contribution >= 4 is 11.9 Å². The molecule has 2 rings (SSSR count). The lowest BCUT2D eigenvalue weighted by molar-refractivity contribution is -0.149. The minimum Gasteiger partial charge on any atom is -0.480 e. The molecule has 0 radical (unpaired) electrons. The van der Waals surface area contributed by atoms with E-state index >= 15 is 0 Å². The van der Waals surface area contributed by atoms with E-state index in [1.807, 2.05) is 37.3 Å². The number of rotatable bonds is 7. The van der Waals surface area contributed by atoms with Gasteiger partial charge in [0.05, 0.1) is 6.54 Å². The summed E-state index contributed by atoms with van der Waals surface area (Å²) in [6.07, 6.45) is 2.09. The second-order valence-electron chi connectivity index (χ2n) is 5.49. The van der Waals surface area contributed by atoms with Crippen molar-refractivity contribution < 1.29 is 14.7 Å². The van der Waals surface area contributed by atoms with Crippen molar-refractivity contribution in [2.75, 3.05) is 13.1 Å². The number of carbonyl (C=O) groups excluding carboxylic acids is 1. The van der Waals surface area contributed by atoms with Gasteiger partial charge < -0.3 is 10.0 Å². The topological polar surface area (TPSA) is 69.6 Å². The molecule has 0 bridgehead atoms. The minimum atomic E-state index is -0.887. The van der Waals surface area contributed by atoms with Crippen LogP contribution >= 0.6 is 0 Å². The molecular formula is C16H22N2O3. The molecule has 1 aromatic carbocycles. The van der Waals surface area contributed by atoms with E-state index in [1.165, 1.54) is 0 Å². The Kier molecular flexibility index (Phi) is 4.96. The molecule has 0 unspecified atom stereocenters. The molecule has 1 amide bonds. The number of hydrogen-bond acceptors (Lipinski definition) is 3. The molecular weight excluding hydrogens is 268 g/mol. The quantitative estimate of drug-likeness (QED) is 0.801. The van der Waals surface area contributed by atoms with Gasteiger partial charge >= 0.3 is 5.97 Å². The first kappa shape index (κ1) is 15.5. The summed E-state index contributed by atoms with van der Waals surface area (Å²) < 4.78 is 0. The first-order valence-corrected chi connectivity index (χ1v) is 7.37. The molecule has 0 saturated heterocycles. The number of aliphatic carboxylic acids is 1. The first-order valence-electron chi connectivity index (χ1n) is 7.37. The van der Waals surface area contributed by atoms with E-state index in [1.54, 1.807) is 4.90 Å². The Hall–Kier alpha value is -1.88. The van der Waals surface area contributed by atoms with Gasteiger partial charge in [-0.1, -0.05) is 30.3 Å². The standard InChI is InChI=1S/C16H22N2O3/c1-2-18(12-13-7-4-3-5-8-13)14(19)11-17-16(15(20)21)9-6-10-16/h3-5,7-8,17H,2,6,9-12H2,1H3,(H,20,21). The molecule has 114 valence electrons. The van der Waals surface area contributed by atoms with Crippen LogP contribution in [0.4, 0.5) is 0 Å². The molecule has 1 saturated carbocycles. The number of nitrogens with zero attached hydrogens (tertiary/aromatic N) is 1. The van der Waals surface area contributed by atoms with E-state index < -0.39 is 11.5 Å². The van der Waals surface area contributed by atoms with Gasteiger partial charge in [-0.2, -0.15) is 0 Å². The molecule has 0 spiro atoms. The van der Waals surface area contributed by atoms with Crippen LogP contribution in [0.2, 0.25) is 0 Å². The third kappa shape index (κ3) is 3.61. The van der Waals surface area contributed by atoms with Crippen LogP contribution in [-0.4, -0.2) is 40.5 Å². The largest absolute Gasteiger partial charge is 0.480 e. The van der Waals surface area contributed by atoms with Crippen LogP contribution in [0.3, 0.4) is 0 Å². The molecule has 0 aliphatic heterocycles. The SMILES string of the molecule is CCN(Cc1ccccc1)C(=O)CNC1(C(=O)O)CCC1. The monoisotopic (exact) mass is 290 g/mol. The van der Waals surface area contributed by atoms with Gasteiger partial charge in [-0.3, -0.25) is 14.9 Å². The summed E-state index contributed by atoms with van der Waals surface area (Å²) in [5.74, 6) is -0.915. The zero-order valence-corrected chi connectivity index (χ0v) is 12.3. The molecule has 1 aromatic rings. The van der Waals surface area contributed by atoms with E-state index in [-0.39, 0.29) is 12.5 Å². The number of nitrogens with one attached hydrogen (secondary N) is 1. The van der Waals surface area contributed by atoms with E-state index in [2.05, 4.69) is 5.32 Å². The molecule has 2 N–H and O–H groups in total. The summed E-state index contributed by atoms with van der Waals surface area (Å²) in [5, 5.41) is 12.2. The normalized spacial score (nSPS) is 16.0. The van der Waals surface area contributed by atoms with Gasteiger partial charge in [0.2, 0.25) is 5.91 Å². The molecule has 5 heteroatoms. The van der Waals surface area contributed by atoms with Crippen LogP contribution in [0.25, 0.3) is 0 Å². The third-order valence-electron chi connectivity index (χ3n) is 4.15. The Morgan fingerprint density at radius 1 is 1.29 bits per heavy atom. The van der Waals surface area contributed by atoms with Crippen molar-refractivity contribution in [3.63, 3.8) is 0 Å². The molecule has 21 heavy (non-hydrogen) atoms. The van der Waals surface area contributed by atoms with Gasteiger partial charge in [0, 0.05) is 13.1 Å². The molecule has 0 heterocycles. The molecule has 1 aliphatic carbocycles. The maximum absolute atomic E-state index is 12.3. The Balaban J connectivity index is 1.90. The van der Waals surface area contributed by atoms with E-state index in [0.717, 1.165) is 12.0 Å². The second kappa shape index (κ2) is 6.72. The highest BCUT2D eigenvalue weighted by Crippen LogP contribution is 2.31. The number of carbonyl (C=O) groups is 2. The fourth-order valence-electron chi connectivity index (χ4n) is 2.53. The Morgan fingerprint density at radius 2 is 1.95 bits per heavy atom. The Labute approximate surface area is 125 Å². The van der Waals surface area contributed by atoms with Crippen molar-refractivity contribution in [3.05, 3.63) is 35.9 Å². The van der Waals surface area contributed by atoms with Crippen LogP contribution in [0.15, 0.2) is 30.3 Å². The average Bonchev–Trinajstić information content (AvgIpc) is 2.44. The summed E-state index contributed by atoms with van der Waals surface area (Å²) >= 11 is 0. The highest BCUT2D eigenvalue weighted by atomic mass is 16.4.